The van der Waals surface area contributed by atoms with Gasteiger partial charge in [0.1, 0.15) is 11.5 Å². The van der Waals surface area contributed by atoms with E-state index in [0.29, 0.717) is 5.92 Å². The Labute approximate surface area is 126 Å². The molecular weight excluding hydrogens is 256 g/mol. The Balaban J connectivity index is 1.88. The fraction of sp³-hybridized carbons (Fsp3) is 0.300. The summed E-state index contributed by atoms with van der Waals surface area (Å²) in [5.41, 5.74) is 5.54. The van der Waals surface area contributed by atoms with E-state index in [4.69, 9.17) is 4.74 Å². The first-order chi connectivity index (χ1) is 10.3. The highest BCUT2D eigenvalue weighted by Crippen LogP contribution is 2.47. The molecule has 1 aliphatic carbocycles. The van der Waals surface area contributed by atoms with Crippen molar-refractivity contribution in [1.29, 1.82) is 0 Å². The van der Waals surface area contributed by atoms with Gasteiger partial charge in [-0.15, -0.1) is 0 Å². The number of para-hydroxylation sites is 1. The fourth-order valence-corrected chi connectivity index (χ4v) is 3.59. The minimum atomic E-state index is 0.380. The molecule has 0 aromatic heterocycles. The third kappa shape index (κ3) is 2.17. The second-order valence-electron chi connectivity index (χ2n) is 6.14. The molecule has 1 aliphatic heterocycles. The Kier molecular flexibility index (Phi) is 3.07. The van der Waals surface area contributed by atoms with E-state index in [0.717, 1.165) is 12.2 Å². The molecule has 0 fully saturated rings. The predicted molar refractivity (Wildman–Crippen MR) is 85.6 cm³/mol. The molecule has 0 radical (unpaired) electrons. The smallest absolute Gasteiger partial charge is 0.131 e. The number of aryl methyl sites for hydroxylation is 1. The van der Waals surface area contributed by atoms with Crippen molar-refractivity contribution in [2.45, 2.75) is 38.5 Å². The maximum absolute atomic E-state index is 6.19. The molecule has 106 valence electrons. The molecule has 1 nitrogen and oxygen atoms in total. The molecule has 0 bridgehead atoms. The molecule has 2 aliphatic rings. The quantitative estimate of drug-likeness (QED) is 0.682. The van der Waals surface area contributed by atoms with E-state index in [1.54, 1.807) is 0 Å². The van der Waals surface area contributed by atoms with Crippen molar-refractivity contribution in [3.05, 3.63) is 76.6 Å². The Morgan fingerprint density at radius 2 is 1.67 bits per heavy atom. The van der Waals surface area contributed by atoms with Crippen molar-refractivity contribution in [1.82, 2.24) is 0 Å². The van der Waals surface area contributed by atoms with E-state index < -0.39 is 0 Å². The van der Waals surface area contributed by atoms with Crippen LogP contribution in [0.2, 0.25) is 0 Å². The molecule has 0 saturated carbocycles. The second kappa shape index (κ2) is 5.07. The first-order valence-electron chi connectivity index (χ1n) is 7.88. The fourth-order valence-electron chi connectivity index (χ4n) is 3.59. The Bertz CT molecular complexity index is 694. The number of allylic oxidation sites excluding steroid dienone is 2. The van der Waals surface area contributed by atoms with E-state index in [9.17, 15) is 0 Å². The summed E-state index contributed by atoms with van der Waals surface area (Å²) in [7, 11) is 0. The highest BCUT2D eigenvalue weighted by atomic mass is 16.5. The maximum Gasteiger partial charge on any atom is 0.131 e. The first kappa shape index (κ1) is 12.7. The van der Waals surface area contributed by atoms with Crippen LogP contribution >= 0.6 is 0 Å². The third-order valence-corrected chi connectivity index (χ3v) is 4.68. The van der Waals surface area contributed by atoms with Gasteiger partial charge < -0.3 is 4.74 Å². The van der Waals surface area contributed by atoms with Gasteiger partial charge >= 0.3 is 0 Å². The zero-order valence-electron chi connectivity index (χ0n) is 12.4. The lowest BCUT2D eigenvalue weighted by Crippen LogP contribution is -2.19. The molecule has 21 heavy (non-hydrogen) atoms. The normalized spacial score (nSPS) is 20.5. The number of hydrogen-bond donors (Lipinski definition) is 0. The van der Waals surface area contributed by atoms with Crippen molar-refractivity contribution in [3.8, 4) is 5.75 Å². The van der Waals surface area contributed by atoms with Crippen LogP contribution in [0.5, 0.6) is 5.75 Å². The summed E-state index contributed by atoms with van der Waals surface area (Å²) in [6.45, 7) is 2.15. The number of benzene rings is 2. The van der Waals surface area contributed by atoms with E-state index in [2.05, 4.69) is 55.5 Å². The van der Waals surface area contributed by atoms with Crippen molar-refractivity contribution in [2.75, 3.05) is 0 Å². The molecule has 1 heterocycles. The van der Waals surface area contributed by atoms with Gasteiger partial charge in [-0.25, -0.2) is 0 Å². The molecule has 0 amide bonds. The molecule has 2 aromatic rings. The number of fused-ring (bicyclic) bond motifs is 1. The van der Waals surface area contributed by atoms with E-state index in [1.165, 1.54) is 47.3 Å². The lowest BCUT2D eigenvalue weighted by atomic mass is 9.77. The summed E-state index contributed by atoms with van der Waals surface area (Å²) >= 11 is 0. The van der Waals surface area contributed by atoms with Crippen molar-refractivity contribution >= 4 is 0 Å². The monoisotopic (exact) mass is 276 g/mol. The van der Waals surface area contributed by atoms with Gasteiger partial charge in [-0.1, -0.05) is 48.0 Å². The van der Waals surface area contributed by atoms with Gasteiger partial charge in [0.2, 0.25) is 0 Å². The topological polar surface area (TPSA) is 9.23 Å². The molecule has 0 spiro atoms. The zero-order chi connectivity index (χ0) is 14.2. The average molecular weight is 276 g/mol. The SMILES string of the molecule is Cc1ccc(C2C3=C(CCCC3)Oc3ccccc32)cc1. The minimum Gasteiger partial charge on any atom is -0.461 e. The van der Waals surface area contributed by atoms with Crippen LogP contribution in [0.4, 0.5) is 0 Å². The number of hydrogen-bond acceptors (Lipinski definition) is 1. The lowest BCUT2D eigenvalue weighted by Gasteiger charge is -2.33. The maximum atomic E-state index is 6.19. The summed E-state index contributed by atoms with van der Waals surface area (Å²) in [5.74, 6) is 2.65. The molecular formula is C20H20O. The Hall–Kier alpha value is -2.02. The van der Waals surface area contributed by atoms with Crippen LogP contribution in [-0.4, -0.2) is 0 Å². The standard InChI is InChI=1S/C20H20O/c1-14-10-12-15(13-11-14)20-16-6-2-4-8-18(16)21-19-9-5-3-7-17(19)20/h2,4,6,8,10-13,20H,3,5,7,9H2,1H3. The van der Waals surface area contributed by atoms with Gasteiger partial charge in [0, 0.05) is 17.9 Å². The summed E-state index contributed by atoms with van der Waals surface area (Å²) in [4.78, 5) is 0. The van der Waals surface area contributed by atoms with Gasteiger partial charge in [0.25, 0.3) is 0 Å². The summed E-state index contributed by atoms with van der Waals surface area (Å²) in [6, 6.07) is 17.5. The zero-order valence-corrected chi connectivity index (χ0v) is 12.4. The molecule has 4 rings (SSSR count). The van der Waals surface area contributed by atoms with Crippen LogP contribution in [0, 0.1) is 6.92 Å². The van der Waals surface area contributed by atoms with Crippen molar-refractivity contribution in [3.63, 3.8) is 0 Å². The summed E-state index contributed by atoms with van der Waals surface area (Å²) in [5, 5.41) is 0. The van der Waals surface area contributed by atoms with Gasteiger partial charge in [-0.05, 0) is 43.4 Å². The Morgan fingerprint density at radius 3 is 2.52 bits per heavy atom. The molecule has 1 heteroatoms. The largest absolute Gasteiger partial charge is 0.461 e. The van der Waals surface area contributed by atoms with E-state index >= 15 is 0 Å². The van der Waals surface area contributed by atoms with Gasteiger partial charge in [0.15, 0.2) is 0 Å². The molecule has 2 aromatic carbocycles. The van der Waals surface area contributed by atoms with Crippen LogP contribution in [0.3, 0.4) is 0 Å². The lowest BCUT2D eigenvalue weighted by molar-refractivity contribution is 0.350. The van der Waals surface area contributed by atoms with Gasteiger partial charge in [-0.2, -0.15) is 0 Å². The second-order valence-corrected chi connectivity index (χ2v) is 6.14. The van der Waals surface area contributed by atoms with E-state index in [1.807, 2.05) is 0 Å². The van der Waals surface area contributed by atoms with Gasteiger partial charge in [0.05, 0.1) is 0 Å². The minimum absolute atomic E-state index is 0.380. The van der Waals surface area contributed by atoms with Crippen molar-refractivity contribution in [2.24, 2.45) is 0 Å². The van der Waals surface area contributed by atoms with E-state index in [-0.39, 0.29) is 0 Å². The number of ether oxygens (including phenoxy) is 1. The summed E-state index contributed by atoms with van der Waals surface area (Å²) < 4.78 is 6.19. The molecule has 0 N–H and O–H groups in total. The molecule has 1 atom stereocenters. The van der Waals surface area contributed by atoms with Crippen molar-refractivity contribution < 1.29 is 4.74 Å². The van der Waals surface area contributed by atoms with Gasteiger partial charge in [-0.3, -0.25) is 0 Å². The first-order valence-corrected chi connectivity index (χ1v) is 7.88. The van der Waals surface area contributed by atoms with Crippen LogP contribution in [0.15, 0.2) is 59.9 Å². The van der Waals surface area contributed by atoms with Crippen LogP contribution in [-0.2, 0) is 0 Å². The highest BCUT2D eigenvalue weighted by Gasteiger charge is 2.31. The average Bonchev–Trinajstić information content (AvgIpc) is 2.53. The van der Waals surface area contributed by atoms with Crippen LogP contribution in [0.25, 0.3) is 0 Å². The summed E-state index contributed by atoms with van der Waals surface area (Å²) in [6.07, 6.45) is 4.79. The predicted octanol–water partition coefficient (Wildman–Crippen LogP) is 5.35. The molecule has 0 saturated heterocycles. The molecule has 1 unspecified atom stereocenters. The number of rotatable bonds is 1. The van der Waals surface area contributed by atoms with Crippen LogP contribution in [0.1, 0.15) is 48.3 Å². The highest BCUT2D eigenvalue weighted by molar-refractivity contribution is 5.52. The third-order valence-electron chi connectivity index (χ3n) is 4.68. The van der Waals surface area contributed by atoms with Crippen LogP contribution < -0.4 is 4.74 Å². The Morgan fingerprint density at radius 1 is 0.905 bits per heavy atom.